The van der Waals surface area contributed by atoms with Crippen LogP contribution in [-0.4, -0.2) is 48.4 Å². The number of carbonyl (C=O) groups is 1. The van der Waals surface area contributed by atoms with E-state index in [0.29, 0.717) is 19.0 Å². The highest BCUT2D eigenvalue weighted by molar-refractivity contribution is 5.78. The second-order valence-electron chi connectivity index (χ2n) is 5.73. The Morgan fingerprint density at radius 1 is 1.29 bits per heavy atom. The van der Waals surface area contributed by atoms with Crippen LogP contribution in [-0.2, 0) is 11.2 Å². The molecule has 1 saturated heterocycles. The predicted molar refractivity (Wildman–Crippen MR) is 85.8 cm³/mol. The maximum absolute atomic E-state index is 11.5. The van der Waals surface area contributed by atoms with Gasteiger partial charge in [-0.3, -0.25) is 9.69 Å². The number of amides is 1. The van der Waals surface area contributed by atoms with E-state index in [-0.39, 0.29) is 5.91 Å². The van der Waals surface area contributed by atoms with Crippen molar-refractivity contribution in [1.29, 1.82) is 0 Å². The zero-order valence-electron chi connectivity index (χ0n) is 13.0. The second-order valence-corrected chi connectivity index (χ2v) is 5.73. The maximum atomic E-state index is 11.5. The molecule has 0 aromatic heterocycles. The summed E-state index contributed by atoms with van der Waals surface area (Å²) in [6.07, 6.45) is 2.70. The van der Waals surface area contributed by atoms with Gasteiger partial charge in [0.1, 0.15) is 0 Å². The Hall–Kier alpha value is -1.79. The van der Waals surface area contributed by atoms with Gasteiger partial charge in [-0.05, 0) is 32.4 Å². The lowest BCUT2D eigenvalue weighted by Crippen LogP contribution is -2.31. The van der Waals surface area contributed by atoms with Crippen LogP contribution in [0.3, 0.4) is 0 Å². The molecule has 1 amide bonds. The van der Waals surface area contributed by atoms with Crippen molar-refractivity contribution in [3.8, 4) is 11.8 Å². The summed E-state index contributed by atoms with van der Waals surface area (Å²) < 4.78 is 0. The van der Waals surface area contributed by atoms with E-state index < -0.39 is 0 Å². The fourth-order valence-electron chi connectivity index (χ4n) is 2.47. The number of likely N-dealkylation sites (tertiary alicyclic amines) is 1. The van der Waals surface area contributed by atoms with Crippen LogP contribution in [0.1, 0.15) is 25.3 Å². The van der Waals surface area contributed by atoms with Crippen molar-refractivity contribution in [2.45, 2.75) is 32.2 Å². The first-order chi connectivity index (χ1) is 10.2. The zero-order chi connectivity index (χ0) is 15.1. The predicted octanol–water partition coefficient (Wildman–Crippen LogP) is 2.18. The topological polar surface area (TPSA) is 23.6 Å². The monoisotopic (exact) mass is 284 g/mol. The van der Waals surface area contributed by atoms with Gasteiger partial charge in [0.15, 0.2) is 0 Å². The minimum absolute atomic E-state index is 0.245. The first-order valence-electron chi connectivity index (χ1n) is 7.64. The third-order valence-electron chi connectivity index (χ3n) is 4.02. The summed E-state index contributed by atoms with van der Waals surface area (Å²) >= 11 is 0. The summed E-state index contributed by atoms with van der Waals surface area (Å²) in [6, 6.07) is 11.0. The average molecular weight is 284 g/mol. The first-order valence-corrected chi connectivity index (χ1v) is 7.64. The third kappa shape index (κ3) is 4.91. The molecule has 0 spiro atoms. The summed E-state index contributed by atoms with van der Waals surface area (Å²) in [7, 11) is 2.10. The zero-order valence-corrected chi connectivity index (χ0v) is 13.0. The third-order valence-corrected chi connectivity index (χ3v) is 4.02. The molecule has 1 aromatic carbocycles. The van der Waals surface area contributed by atoms with E-state index in [0.717, 1.165) is 25.9 Å². The van der Waals surface area contributed by atoms with Crippen LogP contribution in [0.2, 0.25) is 0 Å². The lowest BCUT2D eigenvalue weighted by Gasteiger charge is -2.22. The quantitative estimate of drug-likeness (QED) is 0.774. The van der Waals surface area contributed by atoms with E-state index in [9.17, 15) is 4.79 Å². The van der Waals surface area contributed by atoms with Gasteiger partial charge in [-0.2, -0.15) is 0 Å². The van der Waals surface area contributed by atoms with Crippen molar-refractivity contribution in [2.75, 3.05) is 26.7 Å². The van der Waals surface area contributed by atoms with Crippen LogP contribution in [0, 0.1) is 11.8 Å². The molecule has 1 unspecified atom stereocenters. The molecule has 1 atom stereocenters. The Morgan fingerprint density at radius 3 is 2.71 bits per heavy atom. The normalized spacial score (nSPS) is 16.0. The van der Waals surface area contributed by atoms with E-state index in [4.69, 9.17) is 0 Å². The fraction of sp³-hybridized carbons (Fsp3) is 0.500. The Bertz CT molecular complexity index is 515. The van der Waals surface area contributed by atoms with Crippen LogP contribution < -0.4 is 0 Å². The minimum atomic E-state index is 0.245. The number of carbonyl (C=O) groups excluding carboxylic acids is 1. The summed E-state index contributed by atoms with van der Waals surface area (Å²) in [5.74, 6) is 6.55. The number of benzene rings is 1. The second kappa shape index (κ2) is 7.85. The largest absolute Gasteiger partial charge is 0.332 e. The molecule has 3 nitrogen and oxygen atoms in total. The summed E-state index contributed by atoms with van der Waals surface area (Å²) in [5, 5.41) is 0. The highest BCUT2D eigenvalue weighted by Crippen LogP contribution is 2.08. The number of rotatable bonds is 5. The van der Waals surface area contributed by atoms with Crippen molar-refractivity contribution in [1.82, 2.24) is 9.80 Å². The van der Waals surface area contributed by atoms with Crippen LogP contribution in [0.5, 0.6) is 0 Å². The van der Waals surface area contributed by atoms with Gasteiger partial charge in [-0.25, -0.2) is 0 Å². The molecule has 0 N–H and O–H groups in total. The average Bonchev–Trinajstić information content (AvgIpc) is 2.90. The molecule has 1 heterocycles. The molecule has 1 fully saturated rings. The van der Waals surface area contributed by atoms with Crippen molar-refractivity contribution >= 4 is 5.91 Å². The van der Waals surface area contributed by atoms with Crippen LogP contribution in [0.15, 0.2) is 30.3 Å². The SMILES string of the molecule is CC(Cc1ccccc1)N(C)CC#CCN1CCCC1=O. The molecule has 3 heteroatoms. The van der Waals surface area contributed by atoms with E-state index in [1.54, 1.807) is 0 Å². The highest BCUT2D eigenvalue weighted by atomic mass is 16.2. The van der Waals surface area contributed by atoms with Gasteiger partial charge in [-0.15, -0.1) is 0 Å². The molecule has 0 radical (unpaired) electrons. The molecule has 112 valence electrons. The Morgan fingerprint density at radius 2 is 2.05 bits per heavy atom. The molecule has 1 aliphatic heterocycles. The Labute approximate surface area is 127 Å². The Balaban J connectivity index is 1.73. The highest BCUT2D eigenvalue weighted by Gasteiger charge is 2.18. The summed E-state index contributed by atoms with van der Waals surface area (Å²) in [5.41, 5.74) is 1.35. The van der Waals surface area contributed by atoms with Gasteiger partial charge in [0.05, 0.1) is 13.1 Å². The molecule has 0 bridgehead atoms. The van der Waals surface area contributed by atoms with Crippen LogP contribution in [0.25, 0.3) is 0 Å². The van der Waals surface area contributed by atoms with Crippen LogP contribution in [0.4, 0.5) is 0 Å². The van der Waals surface area contributed by atoms with E-state index in [1.807, 2.05) is 11.0 Å². The smallest absolute Gasteiger partial charge is 0.223 e. The standard InChI is InChI=1S/C18H24N2O/c1-16(15-17-9-4-3-5-10-17)19(2)12-6-7-13-20-14-8-11-18(20)21/h3-5,9-10,16H,8,11-15H2,1-2H3. The fourth-order valence-corrected chi connectivity index (χ4v) is 2.47. The molecule has 21 heavy (non-hydrogen) atoms. The van der Waals surface area contributed by atoms with E-state index in [2.05, 4.69) is 55.0 Å². The maximum Gasteiger partial charge on any atom is 0.223 e. The van der Waals surface area contributed by atoms with Gasteiger partial charge in [-0.1, -0.05) is 42.2 Å². The molecule has 1 aliphatic rings. The lowest BCUT2D eigenvalue weighted by molar-refractivity contribution is -0.127. The van der Waals surface area contributed by atoms with Crippen molar-refractivity contribution in [3.05, 3.63) is 35.9 Å². The number of likely N-dealkylation sites (N-methyl/N-ethyl adjacent to an activating group) is 1. The molecular weight excluding hydrogens is 260 g/mol. The molecule has 0 aliphatic carbocycles. The van der Waals surface area contributed by atoms with Crippen molar-refractivity contribution < 1.29 is 4.79 Å². The number of hydrogen-bond acceptors (Lipinski definition) is 2. The molecule has 0 saturated carbocycles. The molecule has 2 rings (SSSR count). The molecule has 1 aromatic rings. The van der Waals surface area contributed by atoms with Crippen LogP contribution >= 0.6 is 0 Å². The number of hydrogen-bond donors (Lipinski definition) is 0. The summed E-state index contributed by atoms with van der Waals surface area (Å²) in [4.78, 5) is 15.6. The minimum Gasteiger partial charge on any atom is -0.332 e. The first kappa shape index (κ1) is 15.6. The van der Waals surface area contributed by atoms with Crippen molar-refractivity contribution in [3.63, 3.8) is 0 Å². The van der Waals surface area contributed by atoms with Gasteiger partial charge in [0.25, 0.3) is 0 Å². The molecular formula is C18H24N2O. The Kier molecular flexibility index (Phi) is 5.83. The van der Waals surface area contributed by atoms with Gasteiger partial charge >= 0.3 is 0 Å². The van der Waals surface area contributed by atoms with Gasteiger partial charge < -0.3 is 4.90 Å². The van der Waals surface area contributed by atoms with Gasteiger partial charge in [0, 0.05) is 19.0 Å². The number of nitrogens with zero attached hydrogens (tertiary/aromatic N) is 2. The van der Waals surface area contributed by atoms with Gasteiger partial charge in [0.2, 0.25) is 5.91 Å². The van der Waals surface area contributed by atoms with E-state index >= 15 is 0 Å². The van der Waals surface area contributed by atoms with Crippen molar-refractivity contribution in [2.24, 2.45) is 0 Å². The van der Waals surface area contributed by atoms with E-state index in [1.165, 1.54) is 5.56 Å². The summed E-state index contributed by atoms with van der Waals surface area (Å²) in [6.45, 7) is 4.42. The lowest BCUT2D eigenvalue weighted by atomic mass is 10.1.